The van der Waals surface area contributed by atoms with Crippen molar-refractivity contribution < 1.29 is 14.3 Å². The number of nitrogens with zero attached hydrogens (tertiary/aromatic N) is 3. The quantitative estimate of drug-likeness (QED) is 0.716. The van der Waals surface area contributed by atoms with Gasteiger partial charge in [0.25, 0.3) is 5.91 Å². The summed E-state index contributed by atoms with van der Waals surface area (Å²) in [7, 11) is 1.58. The average Bonchev–Trinajstić information content (AvgIpc) is 3.18. The van der Waals surface area contributed by atoms with E-state index in [0.29, 0.717) is 27.3 Å². The molecule has 2 amide bonds. The maximum absolute atomic E-state index is 13.0. The summed E-state index contributed by atoms with van der Waals surface area (Å²) in [6.45, 7) is 1.93. The zero-order valence-corrected chi connectivity index (χ0v) is 18.4. The molecular weight excluding hydrogens is 438 g/mol. The van der Waals surface area contributed by atoms with Crippen molar-refractivity contribution >= 4 is 51.7 Å². The monoisotopic (exact) mass is 457 g/mol. The molecule has 2 aromatic rings. The molecule has 0 aromatic heterocycles. The second-order valence-corrected chi connectivity index (χ2v) is 8.21. The van der Waals surface area contributed by atoms with E-state index in [1.54, 1.807) is 42.6 Å². The van der Waals surface area contributed by atoms with Crippen molar-refractivity contribution in [3.63, 3.8) is 0 Å². The van der Waals surface area contributed by atoms with Crippen molar-refractivity contribution in [1.82, 2.24) is 10.3 Å². The van der Waals surface area contributed by atoms with Gasteiger partial charge in [0, 0.05) is 18.5 Å². The average molecular weight is 458 g/mol. The summed E-state index contributed by atoms with van der Waals surface area (Å²) in [5, 5.41) is 8.04. The first-order chi connectivity index (χ1) is 15.0. The number of thioether (sulfide) groups is 1. The molecule has 0 aliphatic carbocycles. The van der Waals surface area contributed by atoms with Crippen molar-refractivity contribution in [2.75, 3.05) is 23.1 Å². The predicted octanol–water partition coefficient (Wildman–Crippen LogP) is 3.35. The number of amides is 2. The Bertz CT molecular complexity index is 1090. The Morgan fingerprint density at radius 3 is 2.90 bits per heavy atom. The number of halogens is 1. The lowest BCUT2D eigenvalue weighted by Crippen LogP contribution is -2.52. The summed E-state index contributed by atoms with van der Waals surface area (Å²) >= 11 is 7.40. The molecule has 1 unspecified atom stereocenters. The Labute approximate surface area is 188 Å². The van der Waals surface area contributed by atoms with Gasteiger partial charge in [0.2, 0.25) is 12.1 Å². The van der Waals surface area contributed by atoms with Gasteiger partial charge in [0.15, 0.2) is 5.17 Å². The zero-order valence-electron chi connectivity index (χ0n) is 16.8. The highest BCUT2D eigenvalue weighted by atomic mass is 35.5. The van der Waals surface area contributed by atoms with Crippen LogP contribution in [-0.2, 0) is 9.59 Å². The molecular formula is C21H20ClN5O3S. The molecule has 0 saturated carbocycles. The van der Waals surface area contributed by atoms with E-state index in [2.05, 4.69) is 15.8 Å². The second-order valence-electron chi connectivity index (χ2n) is 6.86. The number of amidine groups is 1. The number of benzene rings is 2. The van der Waals surface area contributed by atoms with Crippen molar-refractivity contribution in [2.24, 2.45) is 5.10 Å². The van der Waals surface area contributed by atoms with Crippen LogP contribution in [0.15, 0.2) is 60.0 Å². The van der Waals surface area contributed by atoms with Crippen LogP contribution in [0, 0.1) is 6.92 Å². The van der Waals surface area contributed by atoms with Crippen molar-refractivity contribution in [1.29, 1.82) is 0 Å². The van der Waals surface area contributed by atoms with E-state index in [-0.39, 0.29) is 17.6 Å². The fraction of sp³-hybridized carbons (Fsp3) is 0.190. The molecule has 2 aliphatic rings. The molecule has 1 atom stereocenters. The lowest BCUT2D eigenvalue weighted by Gasteiger charge is -2.32. The van der Waals surface area contributed by atoms with Crippen LogP contribution in [0.3, 0.4) is 0 Å². The second kappa shape index (κ2) is 8.91. The van der Waals surface area contributed by atoms with Gasteiger partial charge in [0.05, 0.1) is 29.3 Å². The third-order valence-corrected chi connectivity index (χ3v) is 5.97. The van der Waals surface area contributed by atoms with Crippen LogP contribution in [0.2, 0.25) is 5.02 Å². The number of hydrogen-bond donors (Lipinski definition) is 2. The van der Waals surface area contributed by atoms with E-state index in [1.807, 2.05) is 31.2 Å². The summed E-state index contributed by atoms with van der Waals surface area (Å²) in [6.07, 6.45) is 2.75. The lowest BCUT2D eigenvalue weighted by atomic mass is 10.2. The maximum atomic E-state index is 13.0. The molecule has 0 bridgehead atoms. The molecule has 0 spiro atoms. The highest BCUT2D eigenvalue weighted by molar-refractivity contribution is 8.14. The van der Waals surface area contributed by atoms with Crippen LogP contribution < -0.4 is 20.4 Å². The summed E-state index contributed by atoms with van der Waals surface area (Å²) in [4.78, 5) is 28.5. The Balaban J connectivity index is 1.39. The van der Waals surface area contributed by atoms with E-state index in [1.165, 1.54) is 16.7 Å². The number of nitrogens with one attached hydrogen (secondary N) is 2. The Morgan fingerprint density at radius 1 is 1.29 bits per heavy atom. The van der Waals surface area contributed by atoms with Crippen LogP contribution in [0.25, 0.3) is 0 Å². The summed E-state index contributed by atoms with van der Waals surface area (Å²) in [6, 6.07) is 12.7. The van der Waals surface area contributed by atoms with Crippen LogP contribution >= 0.6 is 23.4 Å². The molecule has 8 nitrogen and oxygen atoms in total. The third kappa shape index (κ3) is 4.47. The minimum Gasteiger partial charge on any atom is -0.497 e. The molecule has 0 fully saturated rings. The molecule has 2 aliphatic heterocycles. The highest BCUT2D eigenvalue weighted by Gasteiger charge is 2.38. The molecule has 2 heterocycles. The van der Waals surface area contributed by atoms with Crippen LogP contribution in [0.5, 0.6) is 5.75 Å². The normalized spacial score (nSPS) is 17.2. The van der Waals surface area contributed by atoms with E-state index in [9.17, 15) is 9.59 Å². The molecule has 10 heteroatoms. The van der Waals surface area contributed by atoms with Gasteiger partial charge >= 0.3 is 0 Å². The van der Waals surface area contributed by atoms with Gasteiger partial charge in [-0.25, -0.2) is 0 Å². The molecule has 4 rings (SSSR count). The number of carbonyl (C=O) groups excluding carboxylic acids is 2. The Hall–Kier alpha value is -3.17. The number of rotatable bonds is 5. The molecule has 2 N–H and O–H groups in total. The van der Waals surface area contributed by atoms with Crippen molar-refractivity contribution in [3.05, 3.63) is 65.5 Å². The van der Waals surface area contributed by atoms with Crippen molar-refractivity contribution in [3.8, 4) is 5.75 Å². The number of fused-ring (bicyclic) bond motifs is 1. The van der Waals surface area contributed by atoms with Gasteiger partial charge in [-0.1, -0.05) is 35.5 Å². The molecule has 0 radical (unpaired) electrons. The highest BCUT2D eigenvalue weighted by Crippen LogP contribution is 2.28. The number of hydrogen-bond acceptors (Lipinski definition) is 7. The number of methoxy groups -OCH3 is 1. The first-order valence-electron chi connectivity index (χ1n) is 9.42. The smallest absolute Gasteiger partial charge is 0.276 e. The first kappa shape index (κ1) is 21.1. The largest absolute Gasteiger partial charge is 0.497 e. The third-order valence-electron chi connectivity index (χ3n) is 4.69. The lowest BCUT2D eigenvalue weighted by molar-refractivity contribution is -0.122. The molecule has 160 valence electrons. The maximum Gasteiger partial charge on any atom is 0.276 e. The first-order valence-corrected chi connectivity index (χ1v) is 10.8. The number of ether oxygens (including phenoxy) is 1. The molecule has 2 aromatic carbocycles. The number of anilines is 2. The van der Waals surface area contributed by atoms with E-state index in [0.717, 1.165) is 5.56 Å². The van der Waals surface area contributed by atoms with Gasteiger partial charge in [0.1, 0.15) is 5.75 Å². The number of aryl methyl sites for hydroxylation is 1. The number of hydrazone groups is 1. The van der Waals surface area contributed by atoms with Gasteiger partial charge in [-0.05, 0) is 36.8 Å². The van der Waals surface area contributed by atoms with E-state index in [4.69, 9.17) is 16.3 Å². The fourth-order valence-corrected chi connectivity index (χ4v) is 4.18. The van der Waals surface area contributed by atoms with Crippen LogP contribution in [-0.4, -0.2) is 40.9 Å². The van der Waals surface area contributed by atoms with Crippen LogP contribution in [0.1, 0.15) is 5.56 Å². The Morgan fingerprint density at radius 2 is 2.13 bits per heavy atom. The summed E-state index contributed by atoms with van der Waals surface area (Å²) in [5.74, 6) is 0.376. The summed E-state index contributed by atoms with van der Waals surface area (Å²) in [5.41, 5.74) is 5.11. The van der Waals surface area contributed by atoms with Gasteiger partial charge < -0.3 is 10.1 Å². The van der Waals surface area contributed by atoms with E-state index < -0.39 is 6.17 Å². The van der Waals surface area contributed by atoms with Crippen molar-refractivity contribution in [2.45, 2.75) is 13.1 Å². The minimum atomic E-state index is -0.673. The standard InChI is InChI=1S/C21H20ClN5O3S/c1-13-6-7-17(16(22)10-13)23-18(28)12-31-21-25-24-19-20(29)26(8-9-27(19)21)14-4-3-5-15(11-14)30-2/h3-11,19,24H,12H2,1-2H3,(H,23,28). The van der Waals surface area contributed by atoms with Gasteiger partial charge in [-0.15, -0.1) is 0 Å². The predicted molar refractivity (Wildman–Crippen MR) is 123 cm³/mol. The minimum absolute atomic E-state index is 0.121. The Kier molecular flexibility index (Phi) is 6.06. The summed E-state index contributed by atoms with van der Waals surface area (Å²) < 4.78 is 5.23. The zero-order chi connectivity index (χ0) is 22.0. The van der Waals surface area contributed by atoms with Crippen LogP contribution in [0.4, 0.5) is 11.4 Å². The molecule has 31 heavy (non-hydrogen) atoms. The molecule has 0 saturated heterocycles. The van der Waals surface area contributed by atoms with E-state index >= 15 is 0 Å². The van der Waals surface area contributed by atoms with Gasteiger partial charge in [-0.2, -0.15) is 5.10 Å². The fourth-order valence-electron chi connectivity index (χ4n) is 3.13. The topological polar surface area (TPSA) is 86.3 Å². The number of carbonyl (C=O) groups is 2. The van der Waals surface area contributed by atoms with Gasteiger partial charge in [-0.3, -0.25) is 24.8 Å². The SMILES string of the molecule is COc1cccc(N2C=CN3C(SCC(=O)Nc4ccc(C)cc4Cl)=NNC3C2=O)c1.